The third-order valence-corrected chi connectivity index (χ3v) is 4.23. The van der Waals surface area contributed by atoms with E-state index in [1.54, 1.807) is 12.3 Å². The minimum absolute atomic E-state index is 0.0339. The Labute approximate surface area is 126 Å². The number of likely N-dealkylation sites (tertiary alicyclic amines) is 1. The zero-order chi connectivity index (χ0) is 14.7. The number of nitrogens with zero attached hydrogens (tertiary/aromatic N) is 3. The van der Waals surface area contributed by atoms with E-state index in [0.717, 1.165) is 37.4 Å². The molecule has 2 aromatic rings. The second kappa shape index (κ2) is 6.36. The zero-order valence-electron chi connectivity index (χ0n) is 11.5. The van der Waals surface area contributed by atoms with E-state index in [1.165, 1.54) is 17.4 Å². The van der Waals surface area contributed by atoms with Gasteiger partial charge in [-0.2, -0.15) is 0 Å². The lowest BCUT2D eigenvalue weighted by Crippen LogP contribution is -2.40. The normalized spacial score (nSPS) is 19.6. The summed E-state index contributed by atoms with van der Waals surface area (Å²) in [6.07, 6.45) is 5.25. The van der Waals surface area contributed by atoms with Crippen LogP contribution < -0.4 is 10.5 Å². The van der Waals surface area contributed by atoms with Crippen LogP contribution >= 0.6 is 11.3 Å². The molecular formula is C14H17FN4OS. The summed E-state index contributed by atoms with van der Waals surface area (Å²) in [5, 5.41) is 0.588. The first kappa shape index (κ1) is 14.2. The highest BCUT2D eigenvalue weighted by molar-refractivity contribution is 7.15. The van der Waals surface area contributed by atoms with Crippen molar-refractivity contribution in [3.05, 3.63) is 35.2 Å². The summed E-state index contributed by atoms with van der Waals surface area (Å²) in [4.78, 5) is 11.4. The fourth-order valence-electron chi connectivity index (χ4n) is 2.48. The largest absolute Gasteiger partial charge is 0.471 e. The van der Waals surface area contributed by atoms with Crippen LogP contribution in [0, 0.1) is 5.82 Å². The third kappa shape index (κ3) is 3.68. The Morgan fingerprint density at radius 1 is 1.48 bits per heavy atom. The van der Waals surface area contributed by atoms with E-state index in [4.69, 9.17) is 10.5 Å². The first-order chi connectivity index (χ1) is 10.2. The Morgan fingerprint density at radius 3 is 3.14 bits per heavy atom. The van der Waals surface area contributed by atoms with E-state index >= 15 is 0 Å². The van der Waals surface area contributed by atoms with E-state index in [-0.39, 0.29) is 12.0 Å². The fourth-order valence-corrected chi connectivity index (χ4v) is 3.21. The molecule has 0 spiro atoms. The average molecular weight is 308 g/mol. The molecule has 0 amide bonds. The lowest BCUT2D eigenvalue weighted by molar-refractivity contribution is 0.0780. The van der Waals surface area contributed by atoms with Gasteiger partial charge in [-0.15, -0.1) is 11.3 Å². The molecule has 3 heterocycles. The van der Waals surface area contributed by atoms with Crippen molar-refractivity contribution in [3.8, 4) is 5.88 Å². The van der Waals surface area contributed by atoms with Crippen LogP contribution in [-0.4, -0.2) is 34.1 Å². The van der Waals surface area contributed by atoms with Gasteiger partial charge in [-0.25, -0.2) is 14.4 Å². The standard InChI is InChI=1S/C14H17FN4OS/c15-12-4-1-5-17-13(12)20-10-3-2-6-19(8-10)9-11-7-18-14(16)21-11/h1,4-5,7,10H,2-3,6,8-9H2,(H2,16,18). The van der Waals surface area contributed by atoms with Crippen molar-refractivity contribution in [2.24, 2.45) is 0 Å². The monoisotopic (exact) mass is 308 g/mol. The van der Waals surface area contributed by atoms with Crippen LogP contribution in [0.15, 0.2) is 24.5 Å². The average Bonchev–Trinajstić information content (AvgIpc) is 2.87. The Bertz CT molecular complexity index is 606. The number of nitrogens with two attached hydrogens (primary N) is 1. The second-order valence-electron chi connectivity index (χ2n) is 5.07. The molecule has 0 bridgehead atoms. The van der Waals surface area contributed by atoms with E-state index < -0.39 is 5.82 Å². The summed E-state index contributed by atoms with van der Waals surface area (Å²) >= 11 is 1.50. The molecule has 5 nitrogen and oxygen atoms in total. The molecule has 0 saturated carbocycles. The number of pyridine rings is 1. The van der Waals surface area contributed by atoms with Crippen LogP contribution in [0.2, 0.25) is 0 Å². The number of ether oxygens (including phenoxy) is 1. The molecule has 3 rings (SSSR count). The van der Waals surface area contributed by atoms with E-state index in [9.17, 15) is 4.39 Å². The number of thiazole rings is 1. The first-order valence-corrected chi connectivity index (χ1v) is 7.72. The van der Waals surface area contributed by atoms with Crippen molar-refractivity contribution in [1.29, 1.82) is 0 Å². The van der Waals surface area contributed by atoms with E-state index in [2.05, 4.69) is 14.9 Å². The van der Waals surface area contributed by atoms with E-state index in [1.807, 2.05) is 6.20 Å². The maximum Gasteiger partial charge on any atom is 0.250 e. The number of nitrogen functional groups attached to an aromatic ring is 1. The summed E-state index contributed by atoms with van der Waals surface area (Å²) in [5.74, 6) is -0.323. The third-order valence-electron chi connectivity index (χ3n) is 3.42. The number of piperidine rings is 1. The number of aromatic nitrogens is 2. The number of hydrogen-bond acceptors (Lipinski definition) is 6. The van der Waals surface area contributed by atoms with Gasteiger partial charge in [-0.1, -0.05) is 0 Å². The van der Waals surface area contributed by atoms with Gasteiger partial charge in [0.15, 0.2) is 10.9 Å². The first-order valence-electron chi connectivity index (χ1n) is 6.90. The summed E-state index contributed by atoms with van der Waals surface area (Å²) < 4.78 is 19.3. The highest BCUT2D eigenvalue weighted by atomic mass is 32.1. The quantitative estimate of drug-likeness (QED) is 0.939. The molecule has 1 saturated heterocycles. The van der Waals surface area contributed by atoms with Gasteiger partial charge in [0.1, 0.15) is 6.10 Å². The molecule has 2 N–H and O–H groups in total. The van der Waals surface area contributed by atoms with Crippen molar-refractivity contribution >= 4 is 16.5 Å². The molecule has 21 heavy (non-hydrogen) atoms. The summed E-state index contributed by atoms with van der Waals surface area (Å²) in [5.41, 5.74) is 5.64. The van der Waals surface area contributed by atoms with Gasteiger partial charge in [-0.3, -0.25) is 4.90 Å². The number of halogens is 1. The van der Waals surface area contributed by atoms with Crippen molar-refractivity contribution in [3.63, 3.8) is 0 Å². The molecule has 0 radical (unpaired) electrons. The number of anilines is 1. The van der Waals surface area contributed by atoms with Crippen LogP contribution in [0.1, 0.15) is 17.7 Å². The molecule has 1 fully saturated rings. The summed E-state index contributed by atoms with van der Waals surface area (Å²) in [7, 11) is 0. The molecule has 0 aliphatic carbocycles. The summed E-state index contributed by atoms with van der Waals surface area (Å²) in [6, 6.07) is 2.92. The lowest BCUT2D eigenvalue weighted by Gasteiger charge is -2.32. The highest BCUT2D eigenvalue weighted by Gasteiger charge is 2.23. The predicted octanol–water partition coefficient (Wildman–Crippen LogP) is 2.30. The molecule has 1 unspecified atom stereocenters. The number of hydrogen-bond donors (Lipinski definition) is 1. The van der Waals surface area contributed by atoms with Crippen molar-refractivity contribution in [1.82, 2.24) is 14.9 Å². The van der Waals surface area contributed by atoms with Crippen molar-refractivity contribution in [2.45, 2.75) is 25.5 Å². The van der Waals surface area contributed by atoms with Crippen LogP contribution in [0.5, 0.6) is 5.88 Å². The molecule has 1 atom stereocenters. The van der Waals surface area contributed by atoms with Gasteiger partial charge in [0, 0.05) is 30.4 Å². The van der Waals surface area contributed by atoms with Gasteiger partial charge >= 0.3 is 0 Å². The van der Waals surface area contributed by atoms with Gasteiger partial charge in [0.2, 0.25) is 0 Å². The van der Waals surface area contributed by atoms with Crippen LogP contribution in [-0.2, 0) is 6.54 Å². The SMILES string of the molecule is Nc1ncc(CN2CCCC(Oc3ncccc3F)C2)s1. The predicted molar refractivity (Wildman–Crippen MR) is 79.6 cm³/mol. The Morgan fingerprint density at radius 2 is 2.38 bits per heavy atom. The minimum Gasteiger partial charge on any atom is -0.471 e. The molecular weight excluding hydrogens is 291 g/mol. The lowest BCUT2D eigenvalue weighted by atomic mass is 10.1. The van der Waals surface area contributed by atoms with Crippen LogP contribution in [0.3, 0.4) is 0 Å². The molecule has 1 aliphatic rings. The van der Waals surface area contributed by atoms with Crippen molar-refractivity contribution in [2.75, 3.05) is 18.8 Å². The maximum absolute atomic E-state index is 13.6. The highest BCUT2D eigenvalue weighted by Crippen LogP contribution is 2.22. The van der Waals surface area contributed by atoms with Gasteiger partial charge < -0.3 is 10.5 Å². The molecule has 7 heteroatoms. The van der Waals surface area contributed by atoms with Gasteiger partial charge in [0.25, 0.3) is 5.88 Å². The van der Waals surface area contributed by atoms with Gasteiger partial charge in [0.05, 0.1) is 0 Å². The molecule has 0 aromatic carbocycles. The molecule has 2 aromatic heterocycles. The zero-order valence-corrected chi connectivity index (χ0v) is 12.4. The number of rotatable bonds is 4. The van der Waals surface area contributed by atoms with Gasteiger partial charge in [-0.05, 0) is 31.5 Å². The fraction of sp³-hybridized carbons (Fsp3) is 0.429. The molecule has 112 valence electrons. The molecule has 1 aliphatic heterocycles. The second-order valence-corrected chi connectivity index (χ2v) is 6.22. The Balaban J connectivity index is 1.59. The van der Waals surface area contributed by atoms with Crippen LogP contribution in [0.4, 0.5) is 9.52 Å². The smallest absolute Gasteiger partial charge is 0.250 e. The maximum atomic E-state index is 13.6. The summed E-state index contributed by atoms with van der Waals surface area (Å²) in [6.45, 7) is 2.57. The van der Waals surface area contributed by atoms with E-state index in [0.29, 0.717) is 5.13 Å². The Hall–Kier alpha value is -1.73. The van der Waals surface area contributed by atoms with Crippen molar-refractivity contribution < 1.29 is 9.13 Å². The van der Waals surface area contributed by atoms with Crippen LogP contribution in [0.25, 0.3) is 0 Å². The Kier molecular flexibility index (Phi) is 4.31. The minimum atomic E-state index is -0.412. The topological polar surface area (TPSA) is 64.3 Å².